The van der Waals surface area contributed by atoms with Crippen molar-refractivity contribution < 1.29 is 9.90 Å². The van der Waals surface area contributed by atoms with E-state index in [1.807, 2.05) is 0 Å². The fourth-order valence-electron chi connectivity index (χ4n) is 0.867. The number of nitrogens with zero attached hydrogens (tertiary/aromatic N) is 1. The van der Waals surface area contributed by atoms with Crippen molar-refractivity contribution in [3.05, 3.63) is 12.7 Å². The van der Waals surface area contributed by atoms with Crippen LogP contribution in [0.4, 0.5) is 0 Å². The number of aliphatic imine (C=N–C) groups is 1. The van der Waals surface area contributed by atoms with Crippen molar-refractivity contribution >= 4 is 11.9 Å². The first-order valence-corrected chi connectivity index (χ1v) is 4.71. The third-order valence-electron chi connectivity index (χ3n) is 1.70. The zero-order valence-corrected chi connectivity index (χ0v) is 8.65. The minimum Gasteiger partial charge on any atom is -0.480 e. The van der Waals surface area contributed by atoms with Crippen LogP contribution in [0.15, 0.2) is 17.6 Å². The number of hydrogen-bond donors (Lipinski definition) is 4. The zero-order chi connectivity index (χ0) is 11.7. The lowest BCUT2D eigenvalue weighted by Crippen LogP contribution is -2.32. The van der Waals surface area contributed by atoms with Crippen molar-refractivity contribution in [2.75, 3.05) is 13.1 Å². The van der Waals surface area contributed by atoms with E-state index in [1.165, 1.54) is 0 Å². The quantitative estimate of drug-likeness (QED) is 0.193. The lowest BCUT2D eigenvalue weighted by molar-refractivity contribution is -0.138. The Hall–Kier alpha value is -1.56. The molecule has 6 heteroatoms. The SMILES string of the molecule is C=CCNC(N)=NCCCC(N)C(=O)O. The van der Waals surface area contributed by atoms with E-state index < -0.39 is 12.0 Å². The minimum absolute atomic E-state index is 0.332. The number of carbonyl (C=O) groups is 1. The van der Waals surface area contributed by atoms with Crippen LogP contribution in [0.3, 0.4) is 0 Å². The van der Waals surface area contributed by atoms with Crippen LogP contribution in [0.2, 0.25) is 0 Å². The first-order chi connectivity index (χ1) is 7.07. The normalized spacial score (nSPS) is 13.3. The minimum atomic E-state index is -0.989. The molecule has 0 spiro atoms. The maximum atomic E-state index is 10.4. The standard InChI is InChI=1S/C9H18N4O2/c1-2-5-12-9(11)13-6-3-4-7(10)8(14)15/h2,7H,1,3-6,10H2,(H,14,15)(H3,11,12,13). The van der Waals surface area contributed by atoms with E-state index >= 15 is 0 Å². The molecule has 1 atom stereocenters. The molecule has 0 bridgehead atoms. The Morgan fingerprint density at radius 3 is 2.87 bits per heavy atom. The molecule has 0 rings (SSSR count). The van der Waals surface area contributed by atoms with Crippen LogP contribution in [-0.4, -0.2) is 36.2 Å². The van der Waals surface area contributed by atoms with Crippen LogP contribution >= 0.6 is 0 Å². The highest BCUT2D eigenvalue weighted by Gasteiger charge is 2.09. The molecule has 0 fully saturated rings. The van der Waals surface area contributed by atoms with Crippen molar-refractivity contribution in [1.29, 1.82) is 0 Å². The second kappa shape index (κ2) is 7.81. The summed E-state index contributed by atoms with van der Waals surface area (Å²) in [6.07, 6.45) is 2.67. The van der Waals surface area contributed by atoms with Crippen molar-refractivity contribution in [3.8, 4) is 0 Å². The lowest BCUT2D eigenvalue weighted by atomic mass is 10.2. The molecule has 0 heterocycles. The summed E-state index contributed by atoms with van der Waals surface area (Å²) >= 11 is 0. The molecule has 0 saturated heterocycles. The first-order valence-electron chi connectivity index (χ1n) is 4.71. The van der Waals surface area contributed by atoms with E-state index in [9.17, 15) is 4.79 Å². The number of aliphatic carboxylic acids is 1. The molecule has 0 aromatic heterocycles. The molecule has 0 aliphatic carbocycles. The molecule has 6 N–H and O–H groups in total. The predicted molar refractivity (Wildman–Crippen MR) is 59.5 cm³/mol. The van der Waals surface area contributed by atoms with Crippen LogP contribution in [-0.2, 0) is 4.79 Å². The number of rotatable bonds is 7. The van der Waals surface area contributed by atoms with Gasteiger partial charge >= 0.3 is 5.97 Å². The van der Waals surface area contributed by atoms with Crippen LogP contribution in [0.5, 0.6) is 0 Å². The molecule has 0 amide bonds. The van der Waals surface area contributed by atoms with Gasteiger partial charge in [-0.1, -0.05) is 6.08 Å². The molecule has 15 heavy (non-hydrogen) atoms. The monoisotopic (exact) mass is 214 g/mol. The van der Waals surface area contributed by atoms with Crippen molar-refractivity contribution in [2.24, 2.45) is 16.5 Å². The second-order valence-corrected chi connectivity index (χ2v) is 3.02. The van der Waals surface area contributed by atoms with Crippen LogP contribution in [0.1, 0.15) is 12.8 Å². The Bertz CT molecular complexity index is 240. The molecule has 1 unspecified atom stereocenters. The van der Waals surface area contributed by atoms with Crippen LogP contribution in [0.25, 0.3) is 0 Å². The number of hydrogen-bond acceptors (Lipinski definition) is 3. The van der Waals surface area contributed by atoms with Crippen LogP contribution in [0, 0.1) is 0 Å². The Morgan fingerprint density at radius 2 is 2.33 bits per heavy atom. The van der Waals surface area contributed by atoms with Crippen molar-refractivity contribution in [2.45, 2.75) is 18.9 Å². The average molecular weight is 214 g/mol. The van der Waals surface area contributed by atoms with E-state index in [1.54, 1.807) is 6.08 Å². The van der Waals surface area contributed by atoms with E-state index in [4.69, 9.17) is 16.6 Å². The Kier molecular flexibility index (Phi) is 7.00. The molecule has 0 aromatic carbocycles. The lowest BCUT2D eigenvalue weighted by Gasteiger charge is -2.05. The van der Waals surface area contributed by atoms with Gasteiger partial charge in [-0.2, -0.15) is 0 Å². The molecule has 0 radical (unpaired) electrons. The van der Waals surface area contributed by atoms with E-state index in [0.717, 1.165) is 0 Å². The number of guanidine groups is 1. The molecular formula is C9H18N4O2. The highest BCUT2D eigenvalue weighted by atomic mass is 16.4. The predicted octanol–water partition coefficient (Wildman–Crippen LogP) is -0.731. The number of nitrogens with two attached hydrogens (primary N) is 2. The first kappa shape index (κ1) is 13.4. The van der Waals surface area contributed by atoms with Gasteiger partial charge in [0.25, 0.3) is 0 Å². The van der Waals surface area contributed by atoms with E-state index in [2.05, 4.69) is 16.9 Å². The Labute approximate surface area is 89.0 Å². The molecule has 0 aromatic rings. The van der Waals surface area contributed by atoms with Gasteiger partial charge in [0.2, 0.25) is 0 Å². The summed E-state index contributed by atoms with van der Waals surface area (Å²) in [7, 11) is 0. The van der Waals surface area contributed by atoms with E-state index in [0.29, 0.717) is 31.9 Å². The summed E-state index contributed by atoms with van der Waals surface area (Å²) < 4.78 is 0. The topological polar surface area (TPSA) is 114 Å². The fraction of sp³-hybridized carbons (Fsp3) is 0.556. The van der Waals surface area contributed by atoms with Gasteiger partial charge in [-0.25, -0.2) is 0 Å². The summed E-state index contributed by atoms with van der Waals surface area (Å²) in [6, 6.07) is -0.817. The second-order valence-electron chi connectivity index (χ2n) is 3.02. The number of carboxylic acid groups (broad SMARTS) is 1. The van der Waals surface area contributed by atoms with Gasteiger partial charge in [0, 0.05) is 13.1 Å². The third-order valence-corrected chi connectivity index (χ3v) is 1.70. The summed E-state index contributed by atoms with van der Waals surface area (Å²) in [5, 5.41) is 11.3. The number of nitrogens with one attached hydrogen (secondary N) is 1. The largest absolute Gasteiger partial charge is 0.480 e. The van der Waals surface area contributed by atoms with Gasteiger partial charge in [-0.15, -0.1) is 6.58 Å². The van der Waals surface area contributed by atoms with Gasteiger partial charge in [0.15, 0.2) is 5.96 Å². The summed E-state index contributed by atoms with van der Waals surface area (Å²) in [6.45, 7) is 4.55. The molecule has 0 aliphatic heterocycles. The molecule has 86 valence electrons. The Balaban J connectivity index is 3.59. The highest BCUT2D eigenvalue weighted by Crippen LogP contribution is 1.94. The molecule has 0 aliphatic rings. The maximum Gasteiger partial charge on any atom is 0.320 e. The average Bonchev–Trinajstić information content (AvgIpc) is 2.20. The van der Waals surface area contributed by atoms with Gasteiger partial charge in [-0.3, -0.25) is 9.79 Å². The summed E-state index contributed by atoms with van der Waals surface area (Å²) in [5.74, 6) is -0.657. The summed E-state index contributed by atoms with van der Waals surface area (Å²) in [5.41, 5.74) is 10.8. The van der Waals surface area contributed by atoms with Gasteiger partial charge in [0.1, 0.15) is 6.04 Å². The summed E-state index contributed by atoms with van der Waals surface area (Å²) in [4.78, 5) is 14.3. The molecular weight excluding hydrogens is 196 g/mol. The van der Waals surface area contributed by atoms with Gasteiger partial charge < -0.3 is 21.9 Å². The highest BCUT2D eigenvalue weighted by molar-refractivity contribution is 5.77. The van der Waals surface area contributed by atoms with E-state index in [-0.39, 0.29) is 0 Å². The smallest absolute Gasteiger partial charge is 0.320 e. The van der Waals surface area contributed by atoms with Crippen molar-refractivity contribution in [1.82, 2.24) is 5.32 Å². The maximum absolute atomic E-state index is 10.4. The van der Waals surface area contributed by atoms with Gasteiger partial charge in [-0.05, 0) is 12.8 Å². The molecule has 0 saturated carbocycles. The fourth-order valence-corrected chi connectivity index (χ4v) is 0.867. The number of carboxylic acids is 1. The Morgan fingerprint density at radius 1 is 1.67 bits per heavy atom. The molecule has 6 nitrogen and oxygen atoms in total. The zero-order valence-electron chi connectivity index (χ0n) is 8.65. The van der Waals surface area contributed by atoms with Crippen molar-refractivity contribution in [3.63, 3.8) is 0 Å². The third kappa shape index (κ3) is 7.51. The van der Waals surface area contributed by atoms with Crippen LogP contribution < -0.4 is 16.8 Å². The van der Waals surface area contributed by atoms with Gasteiger partial charge in [0.05, 0.1) is 0 Å².